The zero-order chi connectivity index (χ0) is 8.48. The van der Waals surface area contributed by atoms with E-state index in [1.807, 2.05) is 0 Å². The van der Waals surface area contributed by atoms with Gasteiger partial charge in [0.15, 0.2) is 0 Å². The maximum atomic E-state index is 11.9. The quantitative estimate of drug-likeness (QED) is 0.474. The van der Waals surface area contributed by atoms with Gasteiger partial charge in [-0.1, -0.05) is 0 Å². The van der Waals surface area contributed by atoms with Crippen LogP contribution in [0.3, 0.4) is 0 Å². The van der Waals surface area contributed by atoms with Gasteiger partial charge < -0.3 is 9.47 Å². The van der Waals surface area contributed by atoms with Crippen LogP contribution in [0.15, 0.2) is 0 Å². The largest absolute Gasteiger partial charge is 0.445 e. The lowest BCUT2D eigenvalue weighted by atomic mass is 10.5. The first kappa shape index (κ1) is 8.73. The van der Waals surface area contributed by atoms with Gasteiger partial charge in [-0.3, -0.25) is 0 Å². The molecule has 2 nitrogen and oxygen atoms in total. The van der Waals surface area contributed by atoms with E-state index in [2.05, 4.69) is 9.47 Å². The summed E-state index contributed by atoms with van der Waals surface area (Å²) < 4.78 is 54.4. The standard InChI is InChI=1S/C5H6F4O2/c6-4(5(7,8)9)11-2-3-1-10-3/h3-4H,1-2H2. The number of hydrogen-bond acceptors (Lipinski definition) is 2. The highest BCUT2D eigenvalue weighted by molar-refractivity contribution is 4.68. The van der Waals surface area contributed by atoms with Gasteiger partial charge in [0.2, 0.25) is 0 Å². The molecule has 1 aliphatic rings. The van der Waals surface area contributed by atoms with Crippen LogP contribution in [-0.4, -0.2) is 31.9 Å². The fourth-order valence-electron chi connectivity index (χ4n) is 0.451. The zero-order valence-electron chi connectivity index (χ0n) is 5.40. The van der Waals surface area contributed by atoms with Crippen LogP contribution < -0.4 is 0 Å². The minimum Gasteiger partial charge on any atom is -0.371 e. The van der Waals surface area contributed by atoms with Crippen LogP contribution in [0.2, 0.25) is 0 Å². The van der Waals surface area contributed by atoms with Crippen LogP contribution in [0, 0.1) is 0 Å². The lowest BCUT2D eigenvalue weighted by Gasteiger charge is -2.11. The van der Waals surface area contributed by atoms with E-state index < -0.39 is 12.5 Å². The van der Waals surface area contributed by atoms with Crippen LogP contribution >= 0.6 is 0 Å². The molecule has 1 rings (SSSR count). The predicted molar refractivity (Wildman–Crippen MR) is 26.6 cm³/mol. The Kier molecular flexibility index (Phi) is 2.34. The maximum absolute atomic E-state index is 11.9. The monoisotopic (exact) mass is 174 g/mol. The second-order valence-electron chi connectivity index (χ2n) is 2.15. The van der Waals surface area contributed by atoms with Crippen LogP contribution in [0.1, 0.15) is 0 Å². The minimum absolute atomic E-state index is 0.333. The van der Waals surface area contributed by atoms with E-state index in [0.717, 1.165) is 0 Å². The second kappa shape index (κ2) is 2.94. The van der Waals surface area contributed by atoms with Gasteiger partial charge in [0, 0.05) is 0 Å². The topological polar surface area (TPSA) is 21.8 Å². The van der Waals surface area contributed by atoms with Gasteiger partial charge in [0.05, 0.1) is 13.2 Å². The molecule has 0 radical (unpaired) electrons. The normalized spacial score (nSPS) is 26.7. The van der Waals surface area contributed by atoms with E-state index in [0.29, 0.717) is 6.61 Å². The molecule has 0 aromatic rings. The van der Waals surface area contributed by atoms with Crippen molar-refractivity contribution < 1.29 is 27.0 Å². The molecule has 0 aromatic carbocycles. The smallest absolute Gasteiger partial charge is 0.371 e. The molecular formula is C5H6F4O2. The summed E-state index contributed by atoms with van der Waals surface area (Å²) in [6.45, 7) is 0.0191. The van der Waals surface area contributed by atoms with Gasteiger partial charge in [-0.05, 0) is 0 Å². The highest BCUT2D eigenvalue weighted by Gasteiger charge is 2.42. The van der Waals surface area contributed by atoms with E-state index in [9.17, 15) is 17.6 Å². The van der Waals surface area contributed by atoms with Gasteiger partial charge in [-0.25, -0.2) is 4.39 Å². The molecule has 1 aliphatic heterocycles. The van der Waals surface area contributed by atoms with Crippen LogP contribution in [0.4, 0.5) is 17.6 Å². The molecule has 2 atom stereocenters. The van der Waals surface area contributed by atoms with Crippen molar-refractivity contribution in [2.45, 2.75) is 18.6 Å². The number of halogens is 4. The lowest BCUT2D eigenvalue weighted by Crippen LogP contribution is -2.28. The molecule has 11 heavy (non-hydrogen) atoms. The van der Waals surface area contributed by atoms with Gasteiger partial charge in [0.1, 0.15) is 6.10 Å². The molecule has 0 N–H and O–H groups in total. The molecule has 66 valence electrons. The molecule has 0 aromatic heterocycles. The molecular weight excluding hydrogens is 168 g/mol. The lowest BCUT2D eigenvalue weighted by molar-refractivity contribution is -0.265. The summed E-state index contributed by atoms with van der Waals surface area (Å²) in [5, 5.41) is 0. The third-order valence-corrected chi connectivity index (χ3v) is 1.09. The van der Waals surface area contributed by atoms with E-state index in [1.165, 1.54) is 0 Å². The summed E-state index contributed by atoms with van der Waals surface area (Å²) in [6.07, 6.45) is -8.46. The fourth-order valence-corrected chi connectivity index (χ4v) is 0.451. The average Bonchev–Trinajstić information content (AvgIpc) is 2.62. The third kappa shape index (κ3) is 3.02. The van der Waals surface area contributed by atoms with Crippen molar-refractivity contribution in [2.75, 3.05) is 13.2 Å². The Bertz CT molecular complexity index is 131. The molecule has 0 aliphatic carbocycles. The van der Waals surface area contributed by atoms with Gasteiger partial charge in [0.25, 0.3) is 6.36 Å². The van der Waals surface area contributed by atoms with Crippen LogP contribution in [-0.2, 0) is 9.47 Å². The zero-order valence-corrected chi connectivity index (χ0v) is 5.40. The number of rotatable bonds is 3. The fraction of sp³-hybridized carbons (Fsp3) is 1.00. The minimum atomic E-state index is -4.92. The van der Waals surface area contributed by atoms with E-state index in [1.54, 1.807) is 0 Å². The van der Waals surface area contributed by atoms with Gasteiger partial charge >= 0.3 is 6.18 Å². The molecule has 0 spiro atoms. The SMILES string of the molecule is FC(OCC1CO1)C(F)(F)F. The average molecular weight is 174 g/mol. The second-order valence-corrected chi connectivity index (χ2v) is 2.15. The predicted octanol–water partition coefficient (Wildman–Crippen LogP) is 1.26. The summed E-state index contributed by atoms with van der Waals surface area (Å²) in [6, 6.07) is 0. The van der Waals surface area contributed by atoms with E-state index in [-0.39, 0.29) is 12.7 Å². The van der Waals surface area contributed by atoms with Crippen molar-refractivity contribution >= 4 is 0 Å². The summed E-state index contributed by atoms with van der Waals surface area (Å²) in [4.78, 5) is 0. The van der Waals surface area contributed by atoms with Crippen LogP contribution in [0.5, 0.6) is 0 Å². The molecule has 0 bridgehead atoms. The maximum Gasteiger partial charge on any atom is 0.445 e. The Morgan fingerprint density at radius 2 is 2.09 bits per heavy atom. The van der Waals surface area contributed by atoms with Crippen LogP contribution in [0.25, 0.3) is 0 Å². The van der Waals surface area contributed by atoms with Crippen molar-refractivity contribution in [3.63, 3.8) is 0 Å². The Balaban J connectivity index is 2.13. The molecule has 2 unspecified atom stereocenters. The molecule has 0 saturated carbocycles. The summed E-state index contributed by atoms with van der Waals surface area (Å²) >= 11 is 0. The first-order chi connectivity index (χ1) is 5.00. The summed E-state index contributed by atoms with van der Waals surface area (Å²) in [5.41, 5.74) is 0. The van der Waals surface area contributed by atoms with Crippen molar-refractivity contribution in [3.05, 3.63) is 0 Å². The molecule has 1 fully saturated rings. The highest BCUT2D eigenvalue weighted by Crippen LogP contribution is 2.24. The number of hydrogen-bond donors (Lipinski definition) is 0. The first-order valence-electron chi connectivity index (χ1n) is 2.94. The summed E-state index contributed by atoms with van der Waals surface area (Å²) in [7, 11) is 0. The van der Waals surface area contributed by atoms with Gasteiger partial charge in [-0.15, -0.1) is 0 Å². The van der Waals surface area contributed by atoms with Gasteiger partial charge in [-0.2, -0.15) is 13.2 Å². The molecule has 0 amide bonds. The Morgan fingerprint density at radius 3 is 2.45 bits per heavy atom. The molecule has 1 heterocycles. The molecule has 1 saturated heterocycles. The third-order valence-electron chi connectivity index (χ3n) is 1.09. The molecule has 6 heteroatoms. The van der Waals surface area contributed by atoms with E-state index >= 15 is 0 Å². The number of alkyl halides is 4. The highest BCUT2D eigenvalue weighted by atomic mass is 19.4. The van der Waals surface area contributed by atoms with E-state index in [4.69, 9.17) is 0 Å². The first-order valence-corrected chi connectivity index (χ1v) is 2.94. The Hall–Kier alpha value is -0.360. The van der Waals surface area contributed by atoms with Crippen molar-refractivity contribution in [1.29, 1.82) is 0 Å². The number of epoxide rings is 1. The Morgan fingerprint density at radius 1 is 1.55 bits per heavy atom. The van der Waals surface area contributed by atoms with Crippen molar-refractivity contribution in [1.82, 2.24) is 0 Å². The van der Waals surface area contributed by atoms with Crippen molar-refractivity contribution in [3.8, 4) is 0 Å². The Labute approximate surface area is 60.1 Å². The summed E-state index contributed by atoms with van der Waals surface area (Å²) in [5.74, 6) is 0. The van der Waals surface area contributed by atoms with Crippen molar-refractivity contribution in [2.24, 2.45) is 0 Å². The number of ether oxygens (including phenoxy) is 2.